The molecule has 1 aliphatic carbocycles. The maximum atomic E-state index is 12.4. The van der Waals surface area contributed by atoms with Crippen molar-refractivity contribution in [1.82, 2.24) is 4.90 Å². The molecule has 4 heteroatoms. The van der Waals surface area contributed by atoms with E-state index in [9.17, 15) is 9.59 Å². The van der Waals surface area contributed by atoms with E-state index in [1.165, 1.54) is 0 Å². The van der Waals surface area contributed by atoms with Crippen molar-refractivity contribution in [1.29, 1.82) is 0 Å². The lowest BCUT2D eigenvalue weighted by Crippen LogP contribution is -2.44. The molecular weight excluding hydrogens is 218 g/mol. The van der Waals surface area contributed by atoms with Crippen LogP contribution < -0.4 is 0 Å². The first kappa shape index (κ1) is 12.4. The van der Waals surface area contributed by atoms with Gasteiger partial charge in [-0.1, -0.05) is 13.8 Å². The van der Waals surface area contributed by atoms with Crippen molar-refractivity contribution in [2.24, 2.45) is 17.3 Å². The molecule has 1 N–H and O–H groups in total. The third-order valence-electron chi connectivity index (χ3n) is 4.53. The largest absolute Gasteiger partial charge is 0.481 e. The van der Waals surface area contributed by atoms with E-state index >= 15 is 0 Å². The number of hydrogen-bond acceptors (Lipinski definition) is 2. The molecule has 1 amide bonds. The Morgan fingerprint density at radius 2 is 1.76 bits per heavy atom. The van der Waals surface area contributed by atoms with Gasteiger partial charge in [0.15, 0.2) is 0 Å². The molecule has 0 bridgehead atoms. The molecule has 0 aromatic rings. The predicted molar refractivity (Wildman–Crippen MR) is 63.4 cm³/mol. The van der Waals surface area contributed by atoms with Crippen molar-refractivity contribution in [3.8, 4) is 0 Å². The molecule has 96 valence electrons. The van der Waals surface area contributed by atoms with Gasteiger partial charge in [-0.2, -0.15) is 0 Å². The molecule has 0 unspecified atom stereocenters. The SMILES string of the molecule is CC1(C)[C@H](C(=O)O)[C@@H]1C(=O)N1CCCC1(C)C. The zero-order chi connectivity index (χ0) is 13.0. The predicted octanol–water partition coefficient (Wildman–Crippen LogP) is 1.74. The minimum absolute atomic E-state index is 0.0323. The van der Waals surface area contributed by atoms with Crippen LogP contribution in [0.3, 0.4) is 0 Å². The molecule has 0 aromatic carbocycles. The van der Waals surface area contributed by atoms with Crippen molar-refractivity contribution in [3.05, 3.63) is 0 Å². The smallest absolute Gasteiger partial charge is 0.307 e. The van der Waals surface area contributed by atoms with Gasteiger partial charge in [-0.15, -0.1) is 0 Å². The summed E-state index contributed by atoms with van der Waals surface area (Å²) in [6.07, 6.45) is 2.02. The van der Waals surface area contributed by atoms with Crippen LogP contribution in [0.5, 0.6) is 0 Å². The number of carbonyl (C=O) groups excluding carboxylic acids is 1. The van der Waals surface area contributed by atoms with E-state index < -0.39 is 11.9 Å². The van der Waals surface area contributed by atoms with Crippen molar-refractivity contribution in [2.45, 2.75) is 46.1 Å². The average Bonchev–Trinajstić information content (AvgIpc) is 2.56. The van der Waals surface area contributed by atoms with Gasteiger partial charge in [0.25, 0.3) is 0 Å². The highest BCUT2D eigenvalue weighted by Crippen LogP contribution is 2.59. The lowest BCUT2D eigenvalue weighted by atomic mass is 10.0. The normalized spacial score (nSPS) is 33.5. The molecule has 1 aliphatic heterocycles. The van der Waals surface area contributed by atoms with Crippen molar-refractivity contribution < 1.29 is 14.7 Å². The standard InChI is InChI=1S/C13H21NO3/c1-12(2)6-5-7-14(12)10(15)8-9(11(16)17)13(8,3)4/h8-9H,5-7H2,1-4H3,(H,16,17)/t8-,9+/m1/s1. The monoisotopic (exact) mass is 239 g/mol. The van der Waals surface area contributed by atoms with E-state index in [0.717, 1.165) is 19.4 Å². The highest BCUT2D eigenvalue weighted by Gasteiger charge is 2.67. The molecule has 0 aromatic heterocycles. The Kier molecular flexibility index (Phi) is 2.53. The third kappa shape index (κ3) is 1.74. The highest BCUT2D eigenvalue weighted by molar-refractivity contribution is 5.92. The number of amides is 1. The molecule has 17 heavy (non-hydrogen) atoms. The number of carboxylic acid groups (broad SMARTS) is 1. The van der Waals surface area contributed by atoms with Crippen LogP contribution in [0, 0.1) is 17.3 Å². The molecular formula is C13H21NO3. The third-order valence-corrected chi connectivity index (χ3v) is 4.53. The van der Waals surface area contributed by atoms with E-state index in [-0.39, 0.29) is 22.8 Å². The summed E-state index contributed by atoms with van der Waals surface area (Å²) in [5, 5.41) is 9.11. The number of nitrogens with zero attached hydrogens (tertiary/aromatic N) is 1. The minimum Gasteiger partial charge on any atom is -0.481 e. The van der Waals surface area contributed by atoms with E-state index in [1.807, 2.05) is 18.7 Å². The molecule has 2 atom stereocenters. The van der Waals surface area contributed by atoms with Gasteiger partial charge in [0.05, 0.1) is 11.8 Å². The summed E-state index contributed by atoms with van der Waals surface area (Å²) < 4.78 is 0. The van der Waals surface area contributed by atoms with E-state index in [4.69, 9.17) is 5.11 Å². The zero-order valence-electron chi connectivity index (χ0n) is 11.0. The number of carboxylic acids is 1. The lowest BCUT2D eigenvalue weighted by Gasteiger charge is -2.32. The van der Waals surface area contributed by atoms with Crippen LogP contribution in [-0.4, -0.2) is 34.0 Å². The highest BCUT2D eigenvalue weighted by atomic mass is 16.4. The maximum absolute atomic E-state index is 12.4. The molecule has 2 aliphatic rings. The second-order valence-corrected chi connectivity index (χ2v) is 6.52. The Hall–Kier alpha value is -1.06. The molecule has 2 rings (SSSR count). The quantitative estimate of drug-likeness (QED) is 0.798. The Morgan fingerprint density at radius 1 is 1.18 bits per heavy atom. The van der Waals surface area contributed by atoms with Gasteiger partial charge in [-0.3, -0.25) is 9.59 Å². The second-order valence-electron chi connectivity index (χ2n) is 6.52. The molecule has 0 radical (unpaired) electrons. The number of carbonyl (C=O) groups is 2. The van der Waals surface area contributed by atoms with Crippen molar-refractivity contribution in [3.63, 3.8) is 0 Å². The van der Waals surface area contributed by atoms with Gasteiger partial charge < -0.3 is 10.0 Å². The van der Waals surface area contributed by atoms with E-state index in [1.54, 1.807) is 0 Å². The summed E-state index contributed by atoms with van der Waals surface area (Å²) in [6.45, 7) is 8.63. The van der Waals surface area contributed by atoms with Gasteiger partial charge >= 0.3 is 5.97 Å². The van der Waals surface area contributed by atoms with Crippen LogP contribution in [-0.2, 0) is 9.59 Å². The second kappa shape index (κ2) is 3.47. The summed E-state index contributed by atoms with van der Waals surface area (Å²) in [6, 6.07) is 0. The topological polar surface area (TPSA) is 57.6 Å². The van der Waals surface area contributed by atoms with Crippen LogP contribution in [0.4, 0.5) is 0 Å². The average molecular weight is 239 g/mol. The lowest BCUT2D eigenvalue weighted by molar-refractivity contribution is -0.143. The number of rotatable bonds is 2. The first-order chi connectivity index (χ1) is 7.69. The van der Waals surface area contributed by atoms with Gasteiger partial charge in [-0.05, 0) is 32.1 Å². The Morgan fingerprint density at radius 3 is 2.12 bits per heavy atom. The Labute approximate surface area is 102 Å². The maximum Gasteiger partial charge on any atom is 0.307 e. The van der Waals surface area contributed by atoms with E-state index in [0.29, 0.717) is 0 Å². The fourth-order valence-electron chi connectivity index (χ4n) is 3.24. The summed E-state index contributed by atoms with van der Waals surface area (Å²) in [7, 11) is 0. The number of aliphatic carboxylic acids is 1. The molecule has 4 nitrogen and oxygen atoms in total. The van der Waals surface area contributed by atoms with Crippen LogP contribution >= 0.6 is 0 Å². The first-order valence-corrected chi connectivity index (χ1v) is 6.24. The molecule has 2 fully saturated rings. The molecule has 1 heterocycles. The fourth-order valence-corrected chi connectivity index (χ4v) is 3.24. The Bertz CT molecular complexity index is 373. The first-order valence-electron chi connectivity index (χ1n) is 6.24. The number of hydrogen-bond donors (Lipinski definition) is 1. The summed E-state index contributed by atoms with van der Waals surface area (Å²) >= 11 is 0. The van der Waals surface area contributed by atoms with Crippen LogP contribution in [0.25, 0.3) is 0 Å². The van der Waals surface area contributed by atoms with Crippen molar-refractivity contribution in [2.75, 3.05) is 6.54 Å². The Balaban J connectivity index is 2.15. The summed E-state index contributed by atoms with van der Waals surface area (Å²) in [5.41, 5.74) is -0.500. The summed E-state index contributed by atoms with van der Waals surface area (Å²) in [4.78, 5) is 25.4. The van der Waals surface area contributed by atoms with Crippen LogP contribution in [0.15, 0.2) is 0 Å². The van der Waals surface area contributed by atoms with Crippen molar-refractivity contribution >= 4 is 11.9 Å². The summed E-state index contributed by atoms with van der Waals surface area (Å²) in [5.74, 6) is -1.65. The van der Waals surface area contributed by atoms with E-state index in [2.05, 4.69) is 13.8 Å². The minimum atomic E-state index is -0.842. The van der Waals surface area contributed by atoms with Gasteiger partial charge in [-0.25, -0.2) is 0 Å². The van der Waals surface area contributed by atoms with Crippen LogP contribution in [0.2, 0.25) is 0 Å². The molecule has 1 saturated heterocycles. The molecule has 1 saturated carbocycles. The molecule has 0 spiro atoms. The van der Waals surface area contributed by atoms with Gasteiger partial charge in [0.2, 0.25) is 5.91 Å². The van der Waals surface area contributed by atoms with Gasteiger partial charge in [0, 0.05) is 12.1 Å². The zero-order valence-corrected chi connectivity index (χ0v) is 11.0. The number of likely N-dealkylation sites (tertiary alicyclic amines) is 1. The fraction of sp³-hybridized carbons (Fsp3) is 0.846. The van der Waals surface area contributed by atoms with Crippen LogP contribution in [0.1, 0.15) is 40.5 Å². The van der Waals surface area contributed by atoms with Gasteiger partial charge in [0.1, 0.15) is 0 Å².